The van der Waals surface area contributed by atoms with Crippen LogP contribution < -0.4 is 11.1 Å². The third-order valence-electron chi connectivity index (χ3n) is 3.50. The Morgan fingerprint density at radius 3 is 2.40 bits per heavy atom. The molecular formula is C13H25ClN4OS. The quantitative estimate of drug-likeness (QED) is 0.809. The molecule has 0 aliphatic carbocycles. The summed E-state index contributed by atoms with van der Waals surface area (Å²) in [5.41, 5.74) is 5.26. The first-order chi connectivity index (χ1) is 8.97. The van der Waals surface area contributed by atoms with Crippen LogP contribution in [0.1, 0.15) is 45.5 Å². The number of nitrogens with two attached hydrogens (primary N) is 1. The lowest BCUT2D eigenvalue weighted by atomic mass is 9.81. The normalized spacial score (nSPS) is 11.3. The molecule has 0 bridgehead atoms. The molecule has 0 aromatic carbocycles. The average Bonchev–Trinajstić information content (AvgIpc) is 2.78. The van der Waals surface area contributed by atoms with Crippen LogP contribution in [0.4, 0.5) is 5.13 Å². The van der Waals surface area contributed by atoms with Gasteiger partial charge in [0.15, 0.2) is 0 Å². The smallest absolute Gasteiger partial charge is 0.233 e. The van der Waals surface area contributed by atoms with E-state index in [0.717, 1.165) is 24.3 Å². The molecule has 0 saturated carbocycles. The van der Waals surface area contributed by atoms with Gasteiger partial charge in [0.25, 0.3) is 0 Å². The molecule has 7 heteroatoms. The number of rotatable bonds is 7. The number of hydrogen-bond donors (Lipinski definition) is 2. The van der Waals surface area contributed by atoms with Crippen molar-refractivity contribution in [2.45, 2.75) is 47.0 Å². The highest BCUT2D eigenvalue weighted by Crippen LogP contribution is 2.28. The Bertz CT molecular complexity index is 410. The molecule has 1 heterocycles. The van der Waals surface area contributed by atoms with Gasteiger partial charge in [-0.1, -0.05) is 39.0 Å². The van der Waals surface area contributed by atoms with Gasteiger partial charge >= 0.3 is 0 Å². The number of nitrogens with one attached hydrogen (secondary N) is 1. The molecule has 1 aromatic heterocycles. The van der Waals surface area contributed by atoms with Crippen molar-refractivity contribution in [2.24, 2.45) is 17.1 Å². The first kappa shape index (κ1) is 19.3. The lowest BCUT2D eigenvalue weighted by Gasteiger charge is -2.27. The van der Waals surface area contributed by atoms with Crippen LogP contribution in [0.3, 0.4) is 0 Å². The summed E-state index contributed by atoms with van der Waals surface area (Å²) >= 11 is 1.44. The Morgan fingerprint density at radius 1 is 1.35 bits per heavy atom. The van der Waals surface area contributed by atoms with Gasteiger partial charge in [-0.25, -0.2) is 0 Å². The maximum absolute atomic E-state index is 12.3. The zero-order valence-electron chi connectivity index (χ0n) is 12.6. The molecule has 3 N–H and O–H groups in total. The largest absolute Gasteiger partial charge is 0.329 e. The Morgan fingerprint density at radius 2 is 1.95 bits per heavy atom. The second-order valence-corrected chi connectivity index (χ2v) is 6.31. The molecule has 0 radical (unpaired) electrons. The van der Waals surface area contributed by atoms with E-state index in [2.05, 4.69) is 29.4 Å². The Balaban J connectivity index is 0.00000361. The number of hydrogen-bond acceptors (Lipinski definition) is 5. The summed E-state index contributed by atoms with van der Waals surface area (Å²) in [5, 5.41) is 12.5. The molecule has 1 aromatic rings. The van der Waals surface area contributed by atoms with E-state index in [1.807, 2.05) is 13.8 Å². The fourth-order valence-corrected chi connectivity index (χ4v) is 2.86. The van der Waals surface area contributed by atoms with Crippen molar-refractivity contribution in [3.8, 4) is 0 Å². The van der Waals surface area contributed by atoms with Gasteiger partial charge in [0, 0.05) is 13.0 Å². The molecule has 116 valence electrons. The highest BCUT2D eigenvalue weighted by Gasteiger charge is 2.33. The average molecular weight is 321 g/mol. The van der Waals surface area contributed by atoms with E-state index in [4.69, 9.17) is 5.73 Å². The second kappa shape index (κ2) is 8.54. The topological polar surface area (TPSA) is 80.9 Å². The van der Waals surface area contributed by atoms with Gasteiger partial charge in [0.05, 0.1) is 5.41 Å². The number of halogens is 1. The molecule has 1 amide bonds. The number of amides is 1. The first-order valence-corrected chi connectivity index (χ1v) is 7.63. The van der Waals surface area contributed by atoms with Crippen LogP contribution >= 0.6 is 23.7 Å². The van der Waals surface area contributed by atoms with Crippen LogP contribution in [-0.4, -0.2) is 22.6 Å². The standard InChI is InChI=1S/C13H24N4OS.ClH/c1-5-13(6-2,8-14)11(18)15-12-17-16-10(19-12)7-9(3)4;/h9H,5-8,14H2,1-4H3,(H,15,17,18);1H. The zero-order valence-corrected chi connectivity index (χ0v) is 14.2. The predicted molar refractivity (Wildman–Crippen MR) is 86.4 cm³/mol. The fraction of sp³-hybridized carbons (Fsp3) is 0.769. The molecule has 0 unspecified atom stereocenters. The monoisotopic (exact) mass is 320 g/mol. The predicted octanol–water partition coefficient (Wildman–Crippen LogP) is 2.86. The SMILES string of the molecule is CCC(CC)(CN)C(=O)Nc1nnc(CC(C)C)s1.Cl. The van der Waals surface area contributed by atoms with Gasteiger partial charge in [-0.05, 0) is 18.8 Å². The van der Waals surface area contributed by atoms with Crippen LogP contribution in [-0.2, 0) is 11.2 Å². The van der Waals surface area contributed by atoms with E-state index in [9.17, 15) is 4.79 Å². The summed E-state index contributed by atoms with van der Waals surface area (Å²) in [7, 11) is 0. The van der Waals surface area contributed by atoms with Crippen LogP contribution in [0.25, 0.3) is 0 Å². The minimum absolute atomic E-state index is 0. The van der Waals surface area contributed by atoms with Crippen molar-refractivity contribution >= 4 is 34.8 Å². The number of anilines is 1. The van der Waals surface area contributed by atoms with Crippen molar-refractivity contribution in [3.63, 3.8) is 0 Å². The van der Waals surface area contributed by atoms with Crippen LogP contribution in [0, 0.1) is 11.3 Å². The summed E-state index contributed by atoms with van der Waals surface area (Å²) in [6.45, 7) is 8.59. The Labute approximate surface area is 131 Å². The highest BCUT2D eigenvalue weighted by atomic mass is 35.5. The summed E-state index contributed by atoms with van der Waals surface area (Å²) in [6.07, 6.45) is 2.34. The van der Waals surface area contributed by atoms with Crippen LogP contribution in [0.5, 0.6) is 0 Å². The number of nitrogens with zero attached hydrogens (tertiary/aromatic N) is 2. The number of aromatic nitrogens is 2. The van der Waals surface area contributed by atoms with Gasteiger partial charge in [-0.15, -0.1) is 22.6 Å². The van der Waals surface area contributed by atoms with E-state index in [1.165, 1.54) is 11.3 Å². The van der Waals surface area contributed by atoms with Crippen LogP contribution in [0.15, 0.2) is 0 Å². The minimum Gasteiger partial charge on any atom is -0.329 e. The maximum atomic E-state index is 12.3. The number of carbonyl (C=O) groups excluding carboxylic acids is 1. The van der Waals surface area contributed by atoms with E-state index in [0.29, 0.717) is 17.6 Å². The van der Waals surface area contributed by atoms with E-state index >= 15 is 0 Å². The Kier molecular flexibility index (Phi) is 8.23. The maximum Gasteiger partial charge on any atom is 0.233 e. The molecule has 1 rings (SSSR count). The summed E-state index contributed by atoms with van der Waals surface area (Å²) in [4.78, 5) is 12.3. The summed E-state index contributed by atoms with van der Waals surface area (Å²) in [6, 6.07) is 0. The van der Waals surface area contributed by atoms with Crippen molar-refractivity contribution in [2.75, 3.05) is 11.9 Å². The Hall–Kier alpha value is -0.720. The van der Waals surface area contributed by atoms with Gasteiger partial charge in [-0.3, -0.25) is 10.1 Å². The molecule has 0 spiro atoms. The van der Waals surface area contributed by atoms with Gasteiger partial charge < -0.3 is 5.73 Å². The van der Waals surface area contributed by atoms with E-state index < -0.39 is 5.41 Å². The van der Waals surface area contributed by atoms with Crippen molar-refractivity contribution in [3.05, 3.63) is 5.01 Å². The third-order valence-corrected chi connectivity index (χ3v) is 4.36. The number of carbonyl (C=O) groups is 1. The van der Waals surface area contributed by atoms with E-state index in [-0.39, 0.29) is 18.3 Å². The van der Waals surface area contributed by atoms with E-state index in [1.54, 1.807) is 0 Å². The molecule has 0 saturated heterocycles. The van der Waals surface area contributed by atoms with Gasteiger partial charge in [0.2, 0.25) is 11.0 Å². The van der Waals surface area contributed by atoms with Crippen molar-refractivity contribution in [1.29, 1.82) is 0 Å². The highest BCUT2D eigenvalue weighted by molar-refractivity contribution is 7.15. The molecule has 0 atom stereocenters. The summed E-state index contributed by atoms with van der Waals surface area (Å²) in [5.74, 6) is 0.484. The van der Waals surface area contributed by atoms with Crippen molar-refractivity contribution in [1.82, 2.24) is 10.2 Å². The molecule has 0 aliphatic heterocycles. The van der Waals surface area contributed by atoms with Crippen LogP contribution in [0.2, 0.25) is 0 Å². The fourth-order valence-electron chi connectivity index (χ4n) is 1.92. The lowest BCUT2D eigenvalue weighted by molar-refractivity contribution is -0.125. The molecule has 0 fully saturated rings. The molecule has 0 aliphatic rings. The molecule has 20 heavy (non-hydrogen) atoms. The molecular weight excluding hydrogens is 296 g/mol. The minimum atomic E-state index is -0.496. The molecule has 5 nitrogen and oxygen atoms in total. The zero-order chi connectivity index (χ0) is 14.5. The first-order valence-electron chi connectivity index (χ1n) is 6.81. The van der Waals surface area contributed by atoms with Gasteiger partial charge in [0.1, 0.15) is 5.01 Å². The second-order valence-electron chi connectivity index (χ2n) is 5.24. The van der Waals surface area contributed by atoms with Gasteiger partial charge in [-0.2, -0.15) is 0 Å². The third kappa shape index (κ3) is 4.68. The lowest BCUT2D eigenvalue weighted by Crippen LogP contribution is -2.41. The summed E-state index contributed by atoms with van der Waals surface area (Å²) < 4.78 is 0. The van der Waals surface area contributed by atoms with Crippen molar-refractivity contribution < 1.29 is 4.79 Å².